The number of benzene rings is 1. The molecule has 3 heteroatoms. The van der Waals surface area contributed by atoms with Gasteiger partial charge in [0.05, 0.1) is 0 Å². The molecule has 0 radical (unpaired) electrons. The smallest absolute Gasteiger partial charge is 0.0405 e. The van der Waals surface area contributed by atoms with Crippen molar-refractivity contribution in [2.75, 3.05) is 13.1 Å². The summed E-state index contributed by atoms with van der Waals surface area (Å²) in [5, 5.41) is 4.08. The van der Waals surface area contributed by atoms with E-state index in [1.54, 1.807) is 0 Å². The third kappa shape index (κ3) is 6.89. The maximum absolute atomic E-state index is 5.54. The zero-order valence-electron chi connectivity index (χ0n) is 8.51. The zero-order chi connectivity index (χ0) is 9.36. The molecule has 2 rings (SSSR count). The maximum Gasteiger partial charge on any atom is 0.0405 e. The highest BCUT2D eigenvalue weighted by Gasteiger charge is 1.93. The van der Waals surface area contributed by atoms with E-state index in [9.17, 15) is 0 Å². The van der Waals surface area contributed by atoms with Gasteiger partial charge in [-0.15, -0.1) is 0 Å². The molecule has 0 unspecified atom stereocenters. The summed E-state index contributed by atoms with van der Waals surface area (Å²) in [6.07, 6.45) is 4.22. The lowest BCUT2D eigenvalue weighted by Crippen LogP contribution is -2.21. The number of hydrogen-bond acceptors (Lipinski definition) is 2. The SMILES string of the molecule is C1CCNCC1.Clc1ccccc1.N. The largest absolute Gasteiger partial charge is 0.344 e. The van der Waals surface area contributed by atoms with Gasteiger partial charge in [0.15, 0.2) is 0 Å². The van der Waals surface area contributed by atoms with Crippen LogP contribution in [0.5, 0.6) is 0 Å². The molecular formula is C11H19ClN2. The first-order valence-electron chi connectivity index (χ1n) is 4.81. The highest BCUT2D eigenvalue weighted by atomic mass is 35.5. The second kappa shape index (κ2) is 9.00. The molecule has 4 N–H and O–H groups in total. The average Bonchev–Trinajstić information content (AvgIpc) is 2.22. The minimum Gasteiger partial charge on any atom is -0.344 e. The van der Waals surface area contributed by atoms with Crippen LogP contribution in [0.1, 0.15) is 19.3 Å². The molecule has 0 aliphatic carbocycles. The van der Waals surface area contributed by atoms with E-state index in [4.69, 9.17) is 11.6 Å². The van der Waals surface area contributed by atoms with Gasteiger partial charge in [0.1, 0.15) is 0 Å². The Morgan fingerprint density at radius 3 is 1.71 bits per heavy atom. The predicted octanol–water partition coefficient (Wildman–Crippen LogP) is 3.26. The van der Waals surface area contributed by atoms with Gasteiger partial charge in [-0.3, -0.25) is 0 Å². The Labute approximate surface area is 91.2 Å². The number of halogens is 1. The van der Waals surface area contributed by atoms with E-state index in [-0.39, 0.29) is 6.15 Å². The lowest BCUT2D eigenvalue weighted by molar-refractivity contribution is 0.520. The van der Waals surface area contributed by atoms with Crippen LogP contribution < -0.4 is 11.5 Å². The van der Waals surface area contributed by atoms with Crippen molar-refractivity contribution < 1.29 is 0 Å². The Morgan fingerprint density at radius 2 is 1.50 bits per heavy atom. The predicted molar refractivity (Wildman–Crippen MR) is 63.2 cm³/mol. The third-order valence-electron chi connectivity index (χ3n) is 1.94. The number of nitrogens with one attached hydrogen (secondary N) is 1. The van der Waals surface area contributed by atoms with Gasteiger partial charge in [-0.1, -0.05) is 36.2 Å². The number of hydrogen-bond donors (Lipinski definition) is 2. The van der Waals surface area contributed by atoms with E-state index in [2.05, 4.69) is 5.32 Å². The average molecular weight is 215 g/mol. The molecule has 0 bridgehead atoms. The molecule has 1 saturated heterocycles. The molecule has 80 valence electrons. The third-order valence-corrected chi connectivity index (χ3v) is 2.19. The van der Waals surface area contributed by atoms with Crippen LogP contribution in [0.4, 0.5) is 0 Å². The van der Waals surface area contributed by atoms with Gasteiger partial charge in [0, 0.05) is 5.02 Å². The molecule has 0 atom stereocenters. The number of piperidine rings is 1. The van der Waals surface area contributed by atoms with Crippen molar-refractivity contribution in [3.63, 3.8) is 0 Å². The van der Waals surface area contributed by atoms with Gasteiger partial charge in [0.2, 0.25) is 0 Å². The van der Waals surface area contributed by atoms with E-state index in [0.717, 1.165) is 5.02 Å². The zero-order valence-corrected chi connectivity index (χ0v) is 9.26. The summed E-state index contributed by atoms with van der Waals surface area (Å²) >= 11 is 5.54. The highest BCUT2D eigenvalue weighted by Crippen LogP contribution is 2.03. The van der Waals surface area contributed by atoms with Gasteiger partial charge in [-0.25, -0.2) is 0 Å². The standard InChI is InChI=1S/C6H5Cl.C5H11N.H3N/c7-6-4-2-1-3-5-6;1-2-4-6-5-3-1;/h1-5H;6H,1-5H2;1H3. The fourth-order valence-electron chi connectivity index (χ4n) is 1.22. The second-order valence-corrected chi connectivity index (χ2v) is 3.54. The Morgan fingerprint density at radius 1 is 0.929 bits per heavy atom. The van der Waals surface area contributed by atoms with E-state index < -0.39 is 0 Å². The van der Waals surface area contributed by atoms with Gasteiger partial charge in [-0.05, 0) is 38.1 Å². The van der Waals surface area contributed by atoms with Crippen molar-refractivity contribution in [1.82, 2.24) is 11.5 Å². The molecule has 0 amide bonds. The molecular weight excluding hydrogens is 196 g/mol. The first kappa shape index (κ1) is 13.4. The van der Waals surface area contributed by atoms with Gasteiger partial charge < -0.3 is 11.5 Å². The lowest BCUT2D eigenvalue weighted by atomic mass is 10.2. The van der Waals surface area contributed by atoms with Crippen molar-refractivity contribution in [1.29, 1.82) is 0 Å². The Hall–Kier alpha value is -0.570. The summed E-state index contributed by atoms with van der Waals surface area (Å²) in [6, 6.07) is 9.44. The number of rotatable bonds is 0. The quantitative estimate of drug-likeness (QED) is 0.697. The van der Waals surface area contributed by atoms with Crippen LogP contribution in [-0.2, 0) is 0 Å². The summed E-state index contributed by atoms with van der Waals surface area (Å²) < 4.78 is 0. The summed E-state index contributed by atoms with van der Waals surface area (Å²) in [4.78, 5) is 0. The topological polar surface area (TPSA) is 47.0 Å². The molecule has 2 nitrogen and oxygen atoms in total. The van der Waals surface area contributed by atoms with Crippen LogP contribution in [0, 0.1) is 0 Å². The molecule has 1 aliphatic rings. The van der Waals surface area contributed by atoms with E-state index >= 15 is 0 Å². The molecule has 0 saturated carbocycles. The first-order valence-corrected chi connectivity index (χ1v) is 5.18. The van der Waals surface area contributed by atoms with E-state index in [1.165, 1.54) is 32.4 Å². The molecule has 1 heterocycles. The highest BCUT2D eigenvalue weighted by molar-refractivity contribution is 6.30. The summed E-state index contributed by atoms with van der Waals surface area (Å²) in [5.41, 5.74) is 0. The van der Waals surface area contributed by atoms with Gasteiger partial charge in [0.25, 0.3) is 0 Å². The first-order chi connectivity index (χ1) is 6.39. The molecule has 14 heavy (non-hydrogen) atoms. The van der Waals surface area contributed by atoms with Crippen molar-refractivity contribution >= 4 is 11.6 Å². The molecule has 0 aromatic heterocycles. The van der Waals surface area contributed by atoms with Crippen LogP contribution in [-0.4, -0.2) is 13.1 Å². The van der Waals surface area contributed by atoms with E-state index in [0.29, 0.717) is 0 Å². The van der Waals surface area contributed by atoms with Crippen molar-refractivity contribution in [2.24, 2.45) is 0 Å². The van der Waals surface area contributed by atoms with Crippen molar-refractivity contribution in [3.05, 3.63) is 35.4 Å². The minimum absolute atomic E-state index is 0. The molecule has 1 aromatic carbocycles. The van der Waals surface area contributed by atoms with Crippen molar-refractivity contribution in [3.8, 4) is 0 Å². The Kier molecular flexibility index (Phi) is 8.64. The van der Waals surface area contributed by atoms with Crippen LogP contribution >= 0.6 is 11.6 Å². The molecule has 1 aliphatic heterocycles. The Bertz CT molecular complexity index is 198. The van der Waals surface area contributed by atoms with Crippen LogP contribution in [0.3, 0.4) is 0 Å². The fraction of sp³-hybridized carbons (Fsp3) is 0.455. The molecule has 1 aromatic rings. The van der Waals surface area contributed by atoms with Crippen LogP contribution in [0.2, 0.25) is 5.02 Å². The summed E-state index contributed by atoms with van der Waals surface area (Å²) in [5.74, 6) is 0. The summed E-state index contributed by atoms with van der Waals surface area (Å²) in [7, 11) is 0. The Balaban J connectivity index is 0.000000227. The van der Waals surface area contributed by atoms with Crippen molar-refractivity contribution in [2.45, 2.75) is 19.3 Å². The molecule has 0 spiro atoms. The monoisotopic (exact) mass is 214 g/mol. The second-order valence-electron chi connectivity index (χ2n) is 3.11. The minimum atomic E-state index is 0. The normalized spacial score (nSPS) is 14.6. The maximum atomic E-state index is 5.54. The lowest BCUT2D eigenvalue weighted by Gasteiger charge is -2.08. The van der Waals surface area contributed by atoms with Crippen LogP contribution in [0.15, 0.2) is 30.3 Å². The van der Waals surface area contributed by atoms with Crippen LogP contribution in [0.25, 0.3) is 0 Å². The van der Waals surface area contributed by atoms with E-state index in [1.807, 2.05) is 30.3 Å². The fourth-order valence-corrected chi connectivity index (χ4v) is 1.36. The summed E-state index contributed by atoms with van der Waals surface area (Å²) in [6.45, 7) is 2.50. The molecule has 1 fully saturated rings. The van der Waals surface area contributed by atoms with Gasteiger partial charge in [-0.2, -0.15) is 0 Å². The van der Waals surface area contributed by atoms with Gasteiger partial charge >= 0.3 is 0 Å².